The Balaban J connectivity index is 3.10. The molecular weight excluding hydrogens is 198 g/mol. The van der Waals surface area contributed by atoms with Gasteiger partial charge in [-0.1, -0.05) is 0 Å². The van der Waals surface area contributed by atoms with E-state index in [1.54, 1.807) is 25.1 Å². The highest BCUT2D eigenvalue weighted by atomic mass is 16.6. The zero-order valence-electron chi connectivity index (χ0n) is 8.67. The standard InChI is InChI=1S/C9H13N3O3/c1-7-5-8(12(14)15)9(10-6-7)11(2)3-4-13/h5-6,13H,3-4H2,1-2H3. The van der Waals surface area contributed by atoms with Crippen molar-refractivity contribution in [2.24, 2.45) is 0 Å². The lowest BCUT2D eigenvalue weighted by Gasteiger charge is -2.16. The molecule has 0 unspecified atom stereocenters. The third kappa shape index (κ3) is 2.63. The van der Waals surface area contributed by atoms with Crippen molar-refractivity contribution in [1.29, 1.82) is 0 Å². The molecule has 0 aliphatic heterocycles. The summed E-state index contributed by atoms with van der Waals surface area (Å²) in [6, 6.07) is 1.47. The van der Waals surface area contributed by atoms with E-state index in [4.69, 9.17) is 5.11 Å². The van der Waals surface area contributed by atoms with E-state index >= 15 is 0 Å². The van der Waals surface area contributed by atoms with E-state index in [9.17, 15) is 10.1 Å². The molecule has 0 atom stereocenters. The fourth-order valence-electron chi connectivity index (χ4n) is 1.23. The van der Waals surface area contributed by atoms with Gasteiger partial charge in [0, 0.05) is 25.9 Å². The van der Waals surface area contributed by atoms with E-state index in [2.05, 4.69) is 4.98 Å². The number of anilines is 1. The average Bonchev–Trinajstić information content (AvgIpc) is 2.17. The van der Waals surface area contributed by atoms with Gasteiger partial charge >= 0.3 is 5.69 Å². The van der Waals surface area contributed by atoms with Crippen molar-refractivity contribution in [2.45, 2.75) is 6.92 Å². The lowest BCUT2D eigenvalue weighted by Crippen LogP contribution is -2.23. The Hall–Kier alpha value is -1.69. The minimum atomic E-state index is -0.469. The molecule has 1 heterocycles. The molecule has 6 heteroatoms. The third-order valence-corrected chi connectivity index (χ3v) is 1.98. The van der Waals surface area contributed by atoms with Crippen LogP contribution in [-0.4, -0.2) is 35.2 Å². The van der Waals surface area contributed by atoms with Crippen molar-refractivity contribution in [3.05, 3.63) is 27.9 Å². The van der Waals surface area contributed by atoms with Crippen LogP contribution in [0.1, 0.15) is 5.56 Å². The topological polar surface area (TPSA) is 79.5 Å². The van der Waals surface area contributed by atoms with Crippen molar-refractivity contribution in [2.75, 3.05) is 25.1 Å². The molecule has 0 amide bonds. The van der Waals surface area contributed by atoms with E-state index in [1.165, 1.54) is 6.07 Å². The Morgan fingerprint density at radius 2 is 2.33 bits per heavy atom. The molecular formula is C9H13N3O3. The number of aliphatic hydroxyl groups is 1. The van der Waals surface area contributed by atoms with Crippen molar-refractivity contribution >= 4 is 11.5 Å². The van der Waals surface area contributed by atoms with Crippen molar-refractivity contribution < 1.29 is 10.0 Å². The van der Waals surface area contributed by atoms with Crippen LogP contribution < -0.4 is 4.90 Å². The summed E-state index contributed by atoms with van der Waals surface area (Å²) in [5.41, 5.74) is 0.703. The maximum atomic E-state index is 10.8. The van der Waals surface area contributed by atoms with Crippen LogP contribution in [0, 0.1) is 17.0 Å². The summed E-state index contributed by atoms with van der Waals surface area (Å²) < 4.78 is 0. The number of aryl methyl sites for hydroxylation is 1. The lowest BCUT2D eigenvalue weighted by molar-refractivity contribution is -0.384. The molecule has 0 saturated heterocycles. The Morgan fingerprint density at radius 3 is 2.87 bits per heavy atom. The van der Waals surface area contributed by atoms with Gasteiger partial charge in [-0.3, -0.25) is 10.1 Å². The lowest BCUT2D eigenvalue weighted by atomic mass is 10.3. The molecule has 0 bridgehead atoms. The van der Waals surface area contributed by atoms with Gasteiger partial charge in [-0.2, -0.15) is 0 Å². The molecule has 0 radical (unpaired) electrons. The highest BCUT2D eigenvalue weighted by Crippen LogP contribution is 2.24. The summed E-state index contributed by atoms with van der Waals surface area (Å²) in [6.45, 7) is 2.00. The second-order valence-electron chi connectivity index (χ2n) is 3.26. The van der Waals surface area contributed by atoms with Crippen LogP contribution in [0.25, 0.3) is 0 Å². The van der Waals surface area contributed by atoms with Gasteiger partial charge in [0.25, 0.3) is 0 Å². The van der Waals surface area contributed by atoms with E-state index in [0.717, 1.165) is 5.56 Å². The van der Waals surface area contributed by atoms with Crippen molar-refractivity contribution in [1.82, 2.24) is 4.98 Å². The zero-order valence-corrected chi connectivity index (χ0v) is 8.67. The van der Waals surface area contributed by atoms with Crippen molar-refractivity contribution in [3.63, 3.8) is 0 Å². The number of hydrogen-bond donors (Lipinski definition) is 1. The molecule has 0 spiro atoms. The fraction of sp³-hybridized carbons (Fsp3) is 0.444. The largest absolute Gasteiger partial charge is 0.395 e. The molecule has 0 aliphatic rings. The Kier molecular flexibility index (Phi) is 3.56. The SMILES string of the molecule is Cc1cnc(N(C)CCO)c([N+](=O)[O-])c1. The molecule has 0 aromatic carbocycles. The van der Waals surface area contributed by atoms with Gasteiger partial charge in [-0.25, -0.2) is 4.98 Å². The van der Waals surface area contributed by atoms with Gasteiger partial charge in [-0.15, -0.1) is 0 Å². The Bertz CT molecular complexity index is 368. The van der Waals surface area contributed by atoms with Crippen LogP contribution in [-0.2, 0) is 0 Å². The second kappa shape index (κ2) is 4.70. The minimum Gasteiger partial charge on any atom is -0.395 e. The highest BCUT2D eigenvalue weighted by Gasteiger charge is 2.18. The molecule has 0 aliphatic carbocycles. The Labute approximate surface area is 87.3 Å². The summed E-state index contributed by atoms with van der Waals surface area (Å²) in [4.78, 5) is 15.8. The molecule has 1 aromatic rings. The summed E-state index contributed by atoms with van der Waals surface area (Å²) in [7, 11) is 1.65. The molecule has 1 rings (SSSR count). The average molecular weight is 211 g/mol. The fourth-order valence-corrected chi connectivity index (χ4v) is 1.23. The van der Waals surface area contributed by atoms with Gasteiger partial charge in [0.2, 0.25) is 5.82 Å². The summed E-state index contributed by atoms with van der Waals surface area (Å²) >= 11 is 0. The highest BCUT2D eigenvalue weighted by molar-refractivity contribution is 5.57. The Morgan fingerprint density at radius 1 is 1.67 bits per heavy atom. The van der Waals surface area contributed by atoms with Crippen LogP contribution in [0.2, 0.25) is 0 Å². The van der Waals surface area contributed by atoms with Crippen LogP contribution in [0.3, 0.4) is 0 Å². The first kappa shape index (κ1) is 11.4. The van der Waals surface area contributed by atoms with E-state index in [0.29, 0.717) is 6.54 Å². The summed E-state index contributed by atoms with van der Waals surface area (Å²) in [5, 5.41) is 19.5. The first-order valence-corrected chi connectivity index (χ1v) is 4.49. The molecule has 0 saturated carbocycles. The molecule has 1 N–H and O–H groups in total. The van der Waals surface area contributed by atoms with Gasteiger partial charge < -0.3 is 10.0 Å². The minimum absolute atomic E-state index is 0.0362. The van der Waals surface area contributed by atoms with Crippen LogP contribution in [0.5, 0.6) is 0 Å². The van der Waals surface area contributed by atoms with Gasteiger partial charge in [0.1, 0.15) is 0 Å². The smallest absolute Gasteiger partial charge is 0.311 e. The molecule has 1 aromatic heterocycles. The number of aromatic nitrogens is 1. The number of likely N-dealkylation sites (N-methyl/N-ethyl adjacent to an activating group) is 1. The normalized spacial score (nSPS) is 10.1. The van der Waals surface area contributed by atoms with Gasteiger partial charge in [0.15, 0.2) is 0 Å². The maximum absolute atomic E-state index is 10.8. The summed E-state index contributed by atoms with van der Waals surface area (Å²) in [5.74, 6) is 0.277. The predicted molar refractivity (Wildman–Crippen MR) is 56.0 cm³/mol. The van der Waals surface area contributed by atoms with Gasteiger partial charge in [-0.05, 0) is 12.5 Å². The van der Waals surface area contributed by atoms with E-state index in [1.807, 2.05) is 0 Å². The molecule has 6 nitrogen and oxygen atoms in total. The van der Waals surface area contributed by atoms with E-state index in [-0.39, 0.29) is 18.1 Å². The number of pyridine rings is 1. The monoisotopic (exact) mass is 211 g/mol. The molecule has 15 heavy (non-hydrogen) atoms. The number of aliphatic hydroxyl groups excluding tert-OH is 1. The van der Waals surface area contributed by atoms with E-state index < -0.39 is 4.92 Å². The number of nitro groups is 1. The third-order valence-electron chi connectivity index (χ3n) is 1.98. The summed E-state index contributed by atoms with van der Waals surface area (Å²) in [6.07, 6.45) is 1.57. The number of rotatable bonds is 4. The molecule has 0 fully saturated rings. The number of hydrogen-bond acceptors (Lipinski definition) is 5. The first-order chi connectivity index (χ1) is 7.06. The second-order valence-corrected chi connectivity index (χ2v) is 3.26. The molecule has 82 valence electrons. The quantitative estimate of drug-likeness (QED) is 0.586. The maximum Gasteiger partial charge on any atom is 0.311 e. The van der Waals surface area contributed by atoms with Crippen molar-refractivity contribution in [3.8, 4) is 0 Å². The van der Waals surface area contributed by atoms with Crippen LogP contribution in [0.4, 0.5) is 11.5 Å². The zero-order chi connectivity index (χ0) is 11.4. The van der Waals surface area contributed by atoms with Crippen LogP contribution in [0.15, 0.2) is 12.3 Å². The van der Waals surface area contributed by atoms with Gasteiger partial charge in [0.05, 0.1) is 11.5 Å². The van der Waals surface area contributed by atoms with Crippen LogP contribution >= 0.6 is 0 Å². The first-order valence-electron chi connectivity index (χ1n) is 4.49. The number of nitrogens with zero attached hydrogens (tertiary/aromatic N) is 3. The predicted octanol–water partition coefficient (Wildman–Crippen LogP) is 0.727.